The SMILES string of the molecule is O=C(O)CCCCCCC(=O)NCc1ccc(C2OC(CSc3nc4ccccc4s3)CC(c3ccc(CO)cc3)O2)cc1. The average Bonchev–Trinajstić information content (AvgIpc) is 3.48. The fraction of sp³-hybridized carbons (Fsp3) is 0.382. The number of thiazole rings is 1. The molecular weight excluding hydrogens is 597 g/mol. The Morgan fingerprint density at radius 1 is 0.886 bits per heavy atom. The largest absolute Gasteiger partial charge is 0.481 e. The molecule has 1 aromatic heterocycles. The van der Waals surface area contributed by atoms with Gasteiger partial charge in [0.25, 0.3) is 0 Å². The van der Waals surface area contributed by atoms with Crippen molar-refractivity contribution in [1.29, 1.82) is 0 Å². The Labute approximate surface area is 265 Å². The van der Waals surface area contributed by atoms with Gasteiger partial charge in [0.1, 0.15) is 0 Å². The Hall–Kier alpha value is -3.28. The molecule has 232 valence electrons. The molecule has 44 heavy (non-hydrogen) atoms. The fourth-order valence-electron chi connectivity index (χ4n) is 5.10. The third-order valence-corrected chi connectivity index (χ3v) is 9.88. The number of carboxylic acids is 1. The van der Waals surface area contributed by atoms with Gasteiger partial charge in [-0.1, -0.05) is 85.3 Å². The molecule has 1 fully saturated rings. The van der Waals surface area contributed by atoms with E-state index in [0.717, 1.165) is 57.1 Å². The third kappa shape index (κ3) is 9.36. The van der Waals surface area contributed by atoms with Gasteiger partial charge in [0, 0.05) is 37.1 Å². The molecule has 3 unspecified atom stereocenters. The second-order valence-corrected chi connectivity index (χ2v) is 13.2. The number of carbonyl (C=O) groups is 2. The zero-order valence-corrected chi connectivity index (χ0v) is 26.2. The van der Waals surface area contributed by atoms with Gasteiger partial charge in [-0.2, -0.15) is 0 Å². The Kier molecular flexibility index (Phi) is 11.8. The Balaban J connectivity index is 1.17. The van der Waals surface area contributed by atoms with Crippen molar-refractivity contribution in [2.75, 3.05) is 5.75 Å². The van der Waals surface area contributed by atoms with Crippen LogP contribution in [0.15, 0.2) is 77.1 Å². The first-order chi connectivity index (χ1) is 21.5. The van der Waals surface area contributed by atoms with E-state index in [1.54, 1.807) is 23.1 Å². The number of aliphatic carboxylic acids is 1. The standard InChI is InChI=1S/C34H38N2O6S2/c37-21-24-13-15-25(16-14-24)29-19-27(22-43-34-36-28-7-5-6-8-30(28)44-34)41-33(42-29)26-17-11-23(12-18-26)20-35-31(38)9-3-1-2-4-10-32(39)40/h5-8,11-18,27,29,33,37H,1-4,9-10,19-22H2,(H,35,38)(H,39,40). The highest BCUT2D eigenvalue weighted by Gasteiger charge is 2.32. The summed E-state index contributed by atoms with van der Waals surface area (Å²) in [5.41, 5.74) is 4.81. The maximum absolute atomic E-state index is 12.3. The van der Waals surface area contributed by atoms with Crippen LogP contribution in [0.4, 0.5) is 0 Å². The van der Waals surface area contributed by atoms with Crippen LogP contribution in [0.5, 0.6) is 0 Å². The van der Waals surface area contributed by atoms with Crippen LogP contribution in [0.3, 0.4) is 0 Å². The van der Waals surface area contributed by atoms with Crippen molar-refractivity contribution in [3.05, 3.63) is 95.1 Å². The third-order valence-electron chi connectivity index (χ3n) is 7.57. The molecule has 0 saturated carbocycles. The van der Waals surface area contributed by atoms with E-state index in [0.29, 0.717) is 25.8 Å². The summed E-state index contributed by atoms with van der Waals surface area (Å²) in [5, 5.41) is 21.2. The van der Waals surface area contributed by atoms with Gasteiger partial charge in [-0.25, -0.2) is 4.98 Å². The molecule has 3 aromatic carbocycles. The number of unbranched alkanes of at least 4 members (excludes halogenated alkanes) is 3. The number of rotatable bonds is 15. The summed E-state index contributed by atoms with van der Waals surface area (Å²) >= 11 is 3.40. The predicted octanol–water partition coefficient (Wildman–Crippen LogP) is 7.17. The molecule has 3 N–H and O–H groups in total. The number of fused-ring (bicyclic) bond motifs is 1. The number of carbonyl (C=O) groups excluding carboxylic acids is 1. The number of amides is 1. The molecule has 1 amide bonds. The first-order valence-corrected chi connectivity index (χ1v) is 16.8. The van der Waals surface area contributed by atoms with Crippen molar-refractivity contribution in [2.24, 2.45) is 0 Å². The lowest BCUT2D eigenvalue weighted by atomic mass is 10.0. The minimum atomic E-state index is -0.775. The van der Waals surface area contributed by atoms with Crippen LogP contribution >= 0.6 is 23.1 Å². The first kappa shape index (κ1) is 32.1. The molecule has 2 heterocycles. The summed E-state index contributed by atoms with van der Waals surface area (Å²) in [6, 6.07) is 24.0. The molecule has 10 heteroatoms. The molecule has 0 aliphatic carbocycles. The number of aliphatic hydroxyl groups excluding tert-OH is 1. The van der Waals surface area contributed by atoms with Crippen molar-refractivity contribution < 1.29 is 29.3 Å². The highest BCUT2D eigenvalue weighted by atomic mass is 32.2. The summed E-state index contributed by atoms with van der Waals surface area (Å²) in [7, 11) is 0. The molecule has 4 aromatic rings. The maximum atomic E-state index is 12.3. The van der Waals surface area contributed by atoms with E-state index < -0.39 is 12.3 Å². The quantitative estimate of drug-likeness (QED) is 0.0931. The number of ether oxygens (including phenoxy) is 2. The Bertz CT molecular complexity index is 1480. The number of para-hydroxylation sites is 1. The van der Waals surface area contributed by atoms with Gasteiger partial charge in [-0.3, -0.25) is 9.59 Å². The van der Waals surface area contributed by atoms with Crippen LogP contribution in [0, 0.1) is 0 Å². The summed E-state index contributed by atoms with van der Waals surface area (Å²) in [6.45, 7) is 0.437. The van der Waals surface area contributed by atoms with E-state index in [2.05, 4.69) is 11.4 Å². The second-order valence-electron chi connectivity index (χ2n) is 10.9. The smallest absolute Gasteiger partial charge is 0.303 e. The topological polar surface area (TPSA) is 118 Å². The van der Waals surface area contributed by atoms with Crippen LogP contribution < -0.4 is 5.32 Å². The van der Waals surface area contributed by atoms with Crippen molar-refractivity contribution in [3.8, 4) is 0 Å². The number of hydrogen-bond donors (Lipinski definition) is 3. The lowest BCUT2D eigenvalue weighted by Gasteiger charge is -2.36. The number of thioether (sulfide) groups is 1. The molecule has 1 aliphatic rings. The van der Waals surface area contributed by atoms with Crippen LogP contribution in [0.1, 0.15) is 79.6 Å². The molecule has 0 radical (unpaired) electrons. The van der Waals surface area contributed by atoms with E-state index >= 15 is 0 Å². The fourth-order valence-corrected chi connectivity index (χ4v) is 7.21. The molecule has 8 nitrogen and oxygen atoms in total. The van der Waals surface area contributed by atoms with E-state index in [4.69, 9.17) is 19.6 Å². The van der Waals surface area contributed by atoms with E-state index in [1.807, 2.05) is 66.7 Å². The highest BCUT2D eigenvalue weighted by molar-refractivity contribution is 8.01. The summed E-state index contributed by atoms with van der Waals surface area (Å²) in [4.78, 5) is 27.6. The number of carboxylic acid groups (broad SMARTS) is 1. The number of nitrogens with one attached hydrogen (secondary N) is 1. The highest BCUT2D eigenvalue weighted by Crippen LogP contribution is 2.40. The van der Waals surface area contributed by atoms with Crippen LogP contribution in [0.2, 0.25) is 0 Å². The Morgan fingerprint density at radius 3 is 2.32 bits per heavy atom. The molecule has 5 rings (SSSR count). The van der Waals surface area contributed by atoms with Gasteiger partial charge >= 0.3 is 5.97 Å². The normalized spacial score (nSPS) is 18.3. The molecule has 1 aliphatic heterocycles. The van der Waals surface area contributed by atoms with E-state index in [1.165, 1.54) is 4.70 Å². The summed E-state index contributed by atoms with van der Waals surface area (Å²) in [5.74, 6) is -0.0351. The van der Waals surface area contributed by atoms with Crippen molar-refractivity contribution in [2.45, 2.75) is 80.9 Å². The van der Waals surface area contributed by atoms with Gasteiger partial charge in [0.05, 0.1) is 29.0 Å². The van der Waals surface area contributed by atoms with Crippen molar-refractivity contribution in [1.82, 2.24) is 10.3 Å². The molecule has 0 bridgehead atoms. The van der Waals surface area contributed by atoms with Crippen LogP contribution in [-0.2, 0) is 32.2 Å². The van der Waals surface area contributed by atoms with Gasteiger partial charge in [-0.05, 0) is 41.7 Å². The van der Waals surface area contributed by atoms with E-state index in [-0.39, 0.29) is 31.1 Å². The summed E-state index contributed by atoms with van der Waals surface area (Å²) < 4.78 is 15.1. The molecule has 3 atom stereocenters. The first-order valence-electron chi connectivity index (χ1n) is 15.0. The van der Waals surface area contributed by atoms with Crippen LogP contribution in [0.25, 0.3) is 10.2 Å². The molecule has 1 saturated heterocycles. The van der Waals surface area contributed by atoms with E-state index in [9.17, 15) is 14.7 Å². The zero-order valence-electron chi connectivity index (χ0n) is 24.5. The van der Waals surface area contributed by atoms with Gasteiger partial charge in [-0.15, -0.1) is 11.3 Å². The minimum Gasteiger partial charge on any atom is -0.481 e. The number of benzene rings is 3. The monoisotopic (exact) mass is 634 g/mol. The lowest BCUT2D eigenvalue weighted by molar-refractivity contribution is -0.245. The number of nitrogens with zero attached hydrogens (tertiary/aromatic N) is 1. The number of aliphatic hydroxyl groups is 1. The average molecular weight is 635 g/mol. The Morgan fingerprint density at radius 2 is 1.59 bits per heavy atom. The van der Waals surface area contributed by atoms with Crippen molar-refractivity contribution >= 4 is 45.2 Å². The predicted molar refractivity (Wildman–Crippen MR) is 172 cm³/mol. The second kappa shape index (κ2) is 16.2. The van der Waals surface area contributed by atoms with Gasteiger partial charge in [0.2, 0.25) is 5.91 Å². The van der Waals surface area contributed by atoms with Crippen LogP contribution in [-0.4, -0.2) is 38.9 Å². The molecular formula is C34H38N2O6S2. The minimum absolute atomic E-state index is 0.000370. The molecule has 0 spiro atoms. The van der Waals surface area contributed by atoms with Crippen molar-refractivity contribution in [3.63, 3.8) is 0 Å². The van der Waals surface area contributed by atoms with Gasteiger partial charge < -0.3 is 25.0 Å². The maximum Gasteiger partial charge on any atom is 0.303 e. The summed E-state index contributed by atoms with van der Waals surface area (Å²) in [6.07, 6.45) is 3.63. The zero-order chi connectivity index (χ0) is 30.7. The lowest BCUT2D eigenvalue weighted by Crippen LogP contribution is -2.31. The van der Waals surface area contributed by atoms with Gasteiger partial charge in [0.15, 0.2) is 10.6 Å². The number of aromatic nitrogens is 1. The number of hydrogen-bond acceptors (Lipinski definition) is 8.